The molecule has 0 atom stereocenters. The van der Waals surface area contributed by atoms with Crippen LogP contribution in [0.1, 0.15) is 29.8 Å². The normalized spacial score (nSPS) is 14.4. The Balaban J connectivity index is 1.67. The van der Waals surface area contributed by atoms with Gasteiger partial charge >= 0.3 is 5.97 Å². The van der Waals surface area contributed by atoms with Crippen molar-refractivity contribution in [2.45, 2.75) is 19.3 Å². The summed E-state index contributed by atoms with van der Waals surface area (Å²) in [4.78, 5) is 18.6. The number of aromatic carboxylic acids is 1. The number of nitrogens with zero attached hydrogens (tertiary/aromatic N) is 2. The molecule has 0 aromatic carbocycles. The summed E-state index contributed by atoms with van der Waals surface area (Å²) in [5.41, 5.74) is -0.0450. The van der Waals surface area contributed by atoms with Crippen LogP contribution in [0.15, 0.2) is 12.4 Å². The van der Waals surface area contributed by atoms with Gasteiger partial charge in [0.2, 0.25) is 0 Å². The van der Waals surface area contributed by atoms with Crippen LogP contribution >= 0.6 is 0 Å². The van der Waals surface area contributed by atoms with E-state index in [1.807, 2.05) is 0 Å². The van der Waals surface area contributed by atoms with E-state index in [2.05, 4.69) is 15.3 Å². The Morgan fingerprint density at radius 2 is 2.22 bits per heavy atom. The largest absolute Gasteiger partial charge is 0.476 e. The molecule has 1 aromatic heterocycles. The van der Waals surface area contributed by atoms with Gasteiger partial charge in [-0.2, -0.15) is 0 Å². The fourth-order valence-electron chi connectivity index (χ4n) is 1.54. The standard InChI is InChI=1S/C12H17N3O3/c16-12(17)10-11(15-6-5-13-10)14-4-1-7-18-8-9-2-3-9/h5-6,9H,1-4,7-8H2,(H,14,15)(H,16,17). The number of hydrogen-bond acceptors (Lipinski definition) is 5. The number of anilines is 1. The smallest absolute Gasteiger partial charge is 0.358 e. The Bertz CT molecular complexity index is 407. The number of nitrogens with one attached hydrogen (secondary N) is 1. The molecule has 0 aliphatic heterocycles. The molecule has 98 valence electrons. The monoisotopic (exact) mass is 251 g/mol. The molecule has 0 amide bonds. The van der Waals surface area contributed by atoms with Crippen LogP contribution < -0.4 is 5.32 Å². The van der Waals surface area contributed by atoms with Crippen LogP contribution in [-0.4, -0.2) is 40.8 Å². The molecule has 0 unspecified atom stereocenters. The van der Waals surface area contributed by atoms with Gasteiger partial charge in [-0.1, -0.05) is 0 Å². The van der Waals surface area contributed by atoms with Crippen molar-refractivity contribution in [3.8, 4) is 0 Å². The maximum absolute atomic E-state index is 10.9. The molecular formula is C12H17N3O3. The van der Waals surface area contributed by atoms with E-state index >= 15 is 0 Å². The van der Waals surface area contributed by atoms with Crippen LogP contribution in [0.4, 0.5) is 5.82 Å². The zero-order chi connectivity index (χ0) is 12.8. The van der Waals surface area contributed by atoms with Gasteiger partial charge in [0.15, 0.2) is 11.5 Å². The first-order valence-corrected chi connectivity index (χ1v) is 6.13. The highest BCUT2D eigenvalue weighted by molar-refractivity contribution is 5.90. The number of carboxylic acids is 1. The number of carbonyl (C=O) groups is 1. The van der Waals surface area contributed by atoms with E-state index in [0.717, 1.165) is 18.9 Å². The second-order valence-corrected chi connectivity index (χ2v) is 4.36. The lowest BCUT2D eigenvalue weighted by molar-refractivity contribution is 0.0691. The van der Waals surface area contributed by atoms with E-state index in [4.69, 9.17) is 9.84 Å². The van der Waals surface area contributed by atoms with Gasteiger partial charge in [-0.05, 0) is 25.2 Å². The maximum atomic E-state index is 10.9. The molecule has 2 rings (SSSR count). The van der Waals surface area contributed by atoms with Crippen LogP contribution in [0.25, 0.3) is 0 Å². The Morgan fingerprint density at radius 3 is 2.94 bits per heavy atom. The van der Waals surface area contributed by atoms with Crippen LogP contribution in [0, 0.1) is 5.92 Å². The third-order valence-electron chi connectivity index (χ3n) is 2.71. The molecule has 2 N–H and O–H groups in total. The van der Waals surface area contributed by atoms with E-state index in [1.165, 1.54) is 25.2 Å². The topological polar surface area (TPSA) is 84.3 Å². The van der Waals surface area contributed by atoms with Crippen LogP contribution in [-0.2, 0) is 4.74 Å². The lowest BCUT2D eigenvalue weighted by Gasteiger charge is -2.07. The average Bonchev–Trinajstić information content (AvgIpc) is 3.18. The van der Waals surface area contributed by atoms with Crippen molar-refractivity contribution in [1.29, 1.82) is 0 Å². The van der Waals surface area contributed by atoms with Gasteiger partial charge in [-0.15, -0.1) is 0 Å². The summed E-state index contributed by atoms with van der Waals surface area (Å²) in [6, 6.07) is 0. The van der Waals surface area contributed by atoms with Gasteiger partial charge < -0.3 is 15.2 Å². The first kappa shape index (κ1) is 12.8. The van der Waals surface area contributed by atoms with E-state index in [0.29, 0.717) is 19.0 Å². The molecule has 1 aliphatic rings. The van der Waals surface area contributed by atoms with Crippen molar-refractivity contribution in [2.75, 3.05) is 25.1 Å². The van der Waals surface area contributed by atoms with Crippen LogP contribution in [0.5, 0.6) is 0 Å². The van der Waals surface area contributed by atoms with E-state index in [-0.39, 0.29) is 5.69 Å². The lowest BCUT2D eigenvalue weighted by atomic mass is 10.4. The summed E-state index contributed by atoms with van der Waals surface area (Å²) >= 11 is 0. The minimum Gasteiger partial charge on any atom is -0.476 e. The van der Waals surface area contributed by atoms with Gasteiger partial charge in [-0.3, -0.25) is 0 Å². The summed E-state index contributed by atoms with van der Waals surface area (Å²) in [7, 11) is 0. The fraction of sp³-hybridized carbons (Fsp3) is 0.583. The third-order valence-corrected chi connectivity index (χ3v) is 2.71. The van der Waals surface area contributed by atoms with Crippen LogP contribution in [0.3, 0.4) is 0 Å². The molecule has 1 saturated carbocycles. The molecule has 6 heteroatoms. The Hall–Kier alpha value is -1.69. The average molecular weight is 251 g/mol. The van der Waals surface area contributed by atoms with Crippen molar-refractivity contribution in [1.82, 2.24) is 9.97 Å². The molecule has 0 spiro atoms. The number of aromatic nitrogens is 2. The van der Waals surface area contributed by atoms with Crippen molar-refractivity contribution in [3.05, 3.63) is 18.1 Å². The summed E-state index contributed by atoms with van der Waals surface area (Å²) < 4.78 is 5.48. The van der Waals surface area contributed by atoms with Gasteiger partial charge in [0.05, 0.1) is 0 Å². The third kappa shape index (κ3) is 3.96. The lowest BCUT2D eigenvalue weighted by Crippen LogP contribution is -2.12. The number of rotatable bonds is 8. The highest BCUT2D eigenvalue weighted by Gasteiger charge is 2.20. The zero-order valence-corrected chi connectivity index (χ0v) is 10.1. The first-order valence-electron chi connectivity index (χ1n) is 6.13. The summed E-state index contributed by atoms with van der Waals surface area (Å²) in [5, 5.41) is 11.9. The molecule has 18 heavy (non-hydrogen) atoms. The molecule has 0 saturated heterocycles. The molecule has 0 bridgehead atoms. The number of ether oxygens (including phenoxy) is 1. The Labute approximate surface area is 105 Å². The van der Waals surface area contributed by atoms with E-state index in [1.54, 1.807) is 0 Å². The highest BCUT2D eigenvalue weighted by Crippen LogP contribution is 2.28. The molecule has 1 aliphatic carbocycles. The van der Waals surface area contributed by atoms with E-state index < -0.39 is 5.97 Å². The number of hydrogen-bond donors (Lipinski definition) is 2. The quantitative estimate of drug-likeness (QED) is 0.679. The van der Waals surface area contributed by atoms with Gasteiger partial charge in [0, 0.05) is 32.2 Å². The van der Waals surface area contributed by atoms with Gasteiger partial charge in [0.1, 0.15) is 0 Å². The highest BCUT2D eigenvalue weighted by atomic mass is 16.5. The van der Waals surface area contributed by atoms with Gasteiger partial charge in [0.25, 0.3) is 0 Å². The zero-order valence-electron chi connectivity index (χ0n) is 10.1. The van der Waals surface area contributed by atoms with Crippen molar-refractivity contribution < 1.29 is 14.6 Å². The molecule has 1 aromatic rings. The maximum Gasteiger partial charge on any atom is 0.358 e. The predicted octanol–water partition coefficient (Wildman–Crippen LogP) is 1.40. The molecule has 0 radical (unpaired) electrons. The van der Waals surface area contributed by atoms with E-state index in [9.17, 15) is 4.79 Å². The van der Waals surface area contributed by atoms with Crippen molar-refractivity contribution >= 4 is 11.8 Å². The summed E-state index contributed by atoms with van der Waals surface area (Å²) in [6.45, 7) is 2.17. The van der Waals surface area contributed by atoms with Crippen molar-refractivity contribution in [2.24, 2.45) is 5.92 Å². The Kier molecular flexibility index (Phi) is 4.46. The molecular weight excluding hydrogens is 234 g/mol. The SMILES string of the molecule is O=C(O)c1nccnc1NCCCOCC1CC1. The second-order valence-electron chi connectivity index (χ2n) is 4.36. The molecule has 6 nitrogen and oxygen atoms in total. The van der Waals surface area contributed by atoms with Crippen LogP contribution in [0.2, 0.25) is 0 Å². The van der Waals surface area contributed by atoms with Crippen molar-refractivity contribution in [3.63, 3.8) is 0 Å². The predicted molar refractivity (Wildman–Crippen MR) is 65.6 cm³/mol. The minimum atomic E-state index is -1.07. The second kappa shape index (κ2) is 6.30. The fourth-order valence-corrected chi connectivity index (χ4v) is 1.54. The molecule has 1 heterocycles. The van der Waals surface area contributed by atoms with Gasteiger partial charge in [-0.25, -0.2) is 14.8 Å². The molecule has 1 fully saturated rings. The summed E-state index contributed by atoms with van der Waals surface area (Å²) in [5.74, 6) is 0.0133. The Morgan fingerprint density at radius 1 is 1.44 bits per heavy atom. The minimum absolute atomic E-state index is 0.0450. The summed E-state index contributed by atoms with van der Waals surface area (Å²) in [6.07, 6.45) is 6.24. The first-order chi connectivity index (χ1) is 8.77. The number of carboxylic acid groups (broad SMARTS) is 1.